The lowest BCUT2D eigenvalue weighted by Crippen LogP contribution is -2.03. The quantitative estimate of drug-likeness (QED) is 0.186. The molecule has 0 atom stereocenters. The zero-order chi connectivity index (χ0) is 32.2. The summed E-state index contributed by atoms with van der Waals surface area (Å²) in [4.78, 5) is 12.0. The molecule has 0 amide bonds. The normalized spacial score (nSPS) is 12.8. The van der Waals surface area contributed by atoms with Crippen molar-refractivity contribution in [2.75, 3.05) is 0 Å². The number of benzene rings is 7. The second-order valence-electron chi connectivity index (χ2n) is 13.2. The monoisotopic (exact) mass is 655 g/mol. The Labute approximate surface area is 286 Å². The molecule has 0 radical (unpaired) electrons. The maximum Gasteiger partial charge on any atom is 0.165 e. The summed E-state index contributed by atoms with van der Waals surface area (Å²) in [6.07, 6.45) is 0. The highest BCUT2D eigenvalue weighted by Crippen LogP contribution is 2.51. The van der Waals surface area contributed by atoms with Gasteiger partial charge in [-0.3, -0.25) is 4.57 Å². The zero-order valence-electron chi connectivity index (χ0n) is 26.2. The number of nitrogens with zero attached hydrogens (tertiary/aromatic N) is 3. The smallest absolute Gasteiger partial charge is 0.165 e. The van der Waals surface area contributed by atoms with Gasteiger partial charge in [0.1, 0.15) is 38.4 Å². The van der Waals surface area contributed by atoms with Crippen molar-refractivity contribution >= 4 is 108 Å². The molecule has 0 unspecified atom stereocenters. The fourth-order valence-corrected chi connectivity index (χ4v) is 9.75. The first kappa shape index (κ1) is 25.5. The van der Waals surface area contributed by atoms with Crippen LogP contribution in [0.15, 0.2) is 136 Å². The van der Waals surface area contributed by atoms with Gasteiger partial charge >= 0.3 is 0 Å². The summed E-state index contributed by atoms with van der Waals surface area (Å²) in [5.41, 5.74) is 10.6. The number of fused-ring (bicyclic) bond motifs is 7. The summed E-state index contributed by atoms with van der Waals surface area (Å²) < 4.78 is 16.7. The Hall–Kier alpha value is -6.50. The van der Waals surface area contributed by atoms with E-state index in [4.69, 9.17) is 18.8 Å². The molecular weight excluding hydrogens is 635 g/mol. The van der Waals surface area contributed by atoms with Crippen molar-refractivity contribution in [2.24, 2.45) is 0 Å². The fourth-order valence-electron chi connectivity index (χ4n) is 8.74. The van der Waals surface area contributed by atoms with Gasteiger partial charge in [0.15, 0.2) is 5.82 Å². The van der Waals surface area contributed by atoms with Crippen LogP contribution in [0.1, 0.15) is 0 Å². The second-order valence-corrected chi connectivity index (χ2v) is 14.3. The fraction of sp³-hybridized carbons (Fsp3) is 0. The zero-order valence-corrected chi connectivity index (χ0v) is 27.0. The Morgan fingerprint density at radius 1 is 0.480 bits per heavy atom. The van der Waals surface area contributed by atoms with E-state index in [9.17, 15) is 0 Å². The van der Waals surface area contributed by atoms with Crippen molar-refractivity contribution in [3.8, 4) is 28.2 Å². The average molecular weight is 656 g/mol. The van der Waals surface area contributed by atoms with Crippen molar-refractivity contribution in [1.29, 1.82) is 0 Å². The molecule has 12 aromatic rings. The highest BCUT2D eigenvalue weighted by Gasteiger charge is 2.29. The maximum absolute atomic E-state index is 6.63. The summed E-state index contributed by atoms with van der Waals surface area (Å²) in [5.74, 6) is 0.777. The lowest BCUT2D eigenvalue weighted by molar-refractivity contribution is 0.669. The van der Waals surface area contributed by atoms with Gasteiger partial charge in [0, 0.05) is 48.0 Å². The molecule has 5 heterocycles. The van der Waals surface area contributed by atoms with Gasteiger partial charge in [0.05, 0.1) is 11.0 Å². The van der Waals surface area contributed by atoms with Crippen LogP contribution in [0, 0.1) is 0 Å². The number of thiophene rings is 1. The molecule has 0 saturated carbocycles. The van der Waals surface area contributed by atoms with Crippen molar-refractivity contribution in [2.45, 2.75) is 0 Å². The first-order chi connectivity index (χ1) is 24.8. The first-order valence-electron chi connectivity index (χ1n) is 16.7. The van der Waals surface area contributed by atoms with Gasteiger partial charge in [0.2, 0.25) is 0 Å². The molecule has 0 aliphatic heterocycles. The van der Waals surface area contributed by atoms with Crippen LogP contribution >= 0.6 is 11.3 Å². The number of furan rings is 2. The Morgan fingerprint density at radius 3 is 2.12 bits per heavy atom. The minimum atomic E-state index is 0.777. The van der Waals surface area contributed by atoms with E-state index < -0.39 is 0 Å². The van der Waals surface area contributed by atoms with Gasteiger partial charge in [-0.1, -0.05) is 84.9 Å². The lowest BCUT2D eigenvalue weighted by atomic mass is 9.95. The third-order valence-electron chi connectivity index (χ3n) is 10.8. The summed E-state index contributed by atoms with van der Waals surface area (Å²) in [6.45, 7) is 0. The lowest BCUT2D eigenvalue weighted by Gasteiger charge is -2.14. The molecule has 1 aliphatic carbocycles. The molecule has 13 rings (SSSR count). The van der Waals surface area contributed by atoms with Crippen LogP contribution in [0.3, 0.4) is 0 Å². The predicted molar refractivity (Wildman–Crippen MR) is 206 cm³/mol. The molecule has 7 aromatic carbocycles. The molecule has 0 bridgehead atoms. The van der Waals surface area contributed by atoms with E-state index in [2.05, 4.69) is 120 Å². The Balaban J connectivity index is 1.27. The number of rotatable bonds is 2. The molecular formula is C44H21N3O2S. The maximum atomic E-state index is 6.63. The van der Waals surface area contributed by atoms with Crippen LogP contribution in [0.4, 0.5) is 0 Å². The third-order valence-corrected chi connectivity index (χ3v) is 11.8. The molecule has 6 heteroatoms. The minimum Gasteiger partial charge on any atom is -0.456 e. The van der Waals surface area contributed by atoms with E-state index >= 15 is 0 Å². The second kappa shape index (κ2) is 8.74. The highest BCUT2D eigenvalue weighted by atomic mass is 32.1. The Bertz CT molecular complexity index is 3510. The van der Waals surface area contributed by atoms with E-state index in [1.54, 1.807) is 11.3 Å². The van der Waals surface area contributed by atoms with E-state index in [-0.39, 0.29) is 0 Å². The predicted octanol–water partition coefficient (Wildman–Crippen LogP) is 12.5. The Kier molecular flexibility index (Phi) is 4.46. The molecule has 5 nitrogen and oxygen atoms in total. The number of hydrogen-bond donors (Lipinski definition) is 0. The van der Waals surface area contributed by atoms with Crippen LogP contribution in [-0.4, -0.2) is 14.5 Å². The van der Waals surface area contributed by atoms with Crippen LogP contribution in [0.2, 0.25) is 0 Å². The van der Waals surface area contributed by atoms with Crippen LogP contribution < -0.4 is 0 Å². The third kappa shape index (κ3) is 2.97. The van der Waals surface area contributed by atoms with E-state index in [0.29, 0.717) is 0 Å². The van der Waals surface area contributed by atoms with Gasteiger partial charge in [-0.25, -0.2) is 9.97 Å². The summed E-state index contributed by atoms with van der Waals surface area (Å²) in [7, 11) is 0. The summed E-state index contributed by atoms with van der Waals surface area (Å²) in [6, 6.07) is 44.9. The van der Waals surface area contributed by atoms with Crippen LogP contribution in [0.25, 0.3) is 125 Å². The van der Waals surface area contributed by atoms with Crippen LogP contribution in [-0.2, 0) is 0 Å². The van der Waals surface area contributed by atoms with Crippen molar-refractivity contribution < 1.29 is 8.83 Å². The van der Waals surface area contributed by atoms with Gasteiger partial charge in [-0.15, -0.1) is 11.3 Å². The van der Waals surface area contributed by atoms with E-state index in [1.165, 1.54) is 37.4 Å². The SMILES string of the molecule is c1cc2c3c(c1)ccc1c3c3c4c(ccc3n1-c1nc3c(nc1-c1cccc5c1oc1ccccc15)sc1ccccc13)oc1cccc-2c14. The molecule has 1 aliphatic rings. The molecule has 0 spiro atoms. The van der Waals surface area contributed by atoms with Crippen molar-refractivity contribution in [3.05, 3.63) is 127 Å². The summed E-state index contributed by atoms with van der Waals surface area (Å²) in [5, 5.41) is 10.4. The van der Waals surface area contributed by atoms with E-state index in [0.717, 1.165) is 87.7 Å². The minimum absolute atomic E-state index is 0.777. The highest BCUT2D eigenvalue weighted by molar-refractivity contribution is 7.25. The largest absolute Gasteiger partial charge is 0.456 e. The number of para-hydroxylation sites is 2. The molecule has 0 N–H and O–H groups in total. The van der Waals surface area contributed by atoms with Crippen LogP contribution in [0.5, 0.6) is 0 Å². The topological polar surface area (TPSA) is 57.0 Å². The standard InChI is InChI=1S/C44H21N3O2S/c1-3-15-31-23(9-1)26-13-6-14-28(42(26)49-31)40-43(45-41-27-10-2-4-17-34(27)50-44(41)46-40)47-29-19-18-22-8-5-11-24-25-12-7-16-32-36(25)39-33(48-32)21-20-30(47)38(39)37(29)35(22)24/h1-21H. The van der Waals surface area contributed by atoms with Gasteiger partial charge in [-0.2, -0.15) is 0 Å². The average Bonchev–Trinajstić information content (AvgIpc) is 3.90. The first-order valence-corrected chi connectivity index (χ1v) is 17.6. The van der Waals surface area contributed by atoms with Gasteiger partial charge < -0.3 is 8.83 Å². The molecule has 50 heavy (non-hydrogen) atoms. The molecule has 5 aromatic heterocycles. The van der Waals surface area contributed by atoms with Crippen molar-refractivity contribution in [1.82, 2.24) is 14.5 Å². The van der Waals surface area contributed by atoms with Gasteiger partial charge in [-0.05, 0) is 64.4 Å². The number of hydrogen-bond acceptors (Lipinski definition) is 5. The summed E-state index contributed by atoms with van der Waals surface area (Å²) >= 11 is 1.68. The molecule has 0 saturated heterocycles. The molecule has 0 fully saturated rings. The Morgan fingerprint density at radius 2 is 1.18 bits per heavy atom. The molecule has 230 valence electrons. The van der Waals surface area contributed by atoms with Crippen molar-refractivity contribution in [3.63, 3.8) is 0 Å². The van der Waals surface area contributed by atoms with E-state index in [1.807, 2.05) is 12.1 Å². The van der Waals surface area contributed by atoms with Gasteiger partial charge in [0.25, 0.3) is 0 Å². The number of aromatic nitrogens is 3.